The number of rotatable bonds is 9. The van der Waals surface area contributed by atoms with Crippen LogP contribution in [-0.4, -0.2) is 37.6 Å². The van der Waals surface area contributed by atoms with E-state index in [1.165, 1.54) is 24.0 Å². The van der Waals surface area contributed by atoms with E-state index < -0.39 is 0 Å². The van der Waals surface area contributed by atoms with Gasteiger partial charge >= 0.3 is 0 Å². The van der Waals surface area contributed by atoms with Crippen molar-refractivity contribution in [1.82, 2.24) is 10.2 Å². The lowest BCUT2D eigenvalue weighted by Crippen LogP contribution is -2.42. The Balaban J connectivity index is 2.34. The molecule has 0 radical (unpaired) electrons. The van der Waals surface area contributed by atoms with E-state index in [1.807, 2.05) is 0 Å². The SMILES string of the molecule is Cc1cccc(CCC(C)NCC(CC(C)C)N(C)C)c1. The second-order valence-corrected chi connectivity index (χ2v) is 7.08. The van der Waals surface area contributed by atoms with Crippen LogP contribution in [0.1, 0.15) is 44.7 Å². The molecule has 2 heteroatoms. The maximum absolute atomic E-state index is 3.71. The van der Waals surface area contributed by atoms with Gasteiger partial charge in [-0.2, -0.15) is 0 Å². The highest BCUT2D eigenvalue weighted by Gasteiger charge is 2.14. The molecular formula is C19H34N2. The molecule has 0 aromatic heterocycles. The Morgan fingerprint density at radius 1 is 1.14 bits per heavy atom. The van der Waals surface area contributed by atoms with Crippen LogP contribution >= 0.6 is 0 Å². The largest absolute Gasteiger partial charge is 0.313 e. The summed E-state index contributed by atoms with van der Waals surface area (Å²) in [5.74, 6) is 0.752. The average molecular weight is 290 g/mol. The van der Waals surface area contributed by atoms with Crippen LogP contribution in [0.4, 0.5) is 0 Å². The van der Waals surface area contributed by atoms with E-state index in [4.69, 9.17) is 0 Å². The smallest absolute Gasteiger partial charge is 0.0217 e. The zero-order chi connectivity index (χ0) is 15.8. The summed E-state index contributed by atoms with van der Waals surface area (Å²) in [6.45, 7) is 10.2. The summed E-state index contributed by atoms with van der Waals surface area (Å²) >= 11 is 0. The van der Waals surface area contributed by atoms with Gasteiger partial charge in [-0.3, -0.25) is 0 Å². The Bertz CT molecular complexity index is 398. The van der Waals surface area contributed by atoms with E-state index in [2.05, 4.69) is 76.3 Å². The van der Waals surface area contributed by atoms with Crippen molar-refractivity contribution in [1.29, 1.82) is 0 Å². The van der Waals surface area contributed by atoms with Crippen LogP contribution in [0.2, 0.25) is 0 Å². The summed E-state index contributed by atoms with van der Waals surface area (Å²) in [5, 5.41) is 3.71. The van der Waals surface area contributed by atoms with Gasteiger partial charge in [-0.1, -0.05) is 43.7 Å². The quantitative estimate of drug-likeness (QED) is 0.742. The summed E-state index contributed by atoms with van der Waals surface area (Å²) in [6.07, 6.45) is 3.61. The molecule has 2 nitrogen and oxygen atoms in total. The van der Waals surface area contributed by atoms with E-state index in [1.54, 1.807) is 0 Å². The minimum atomic E-state index is 0.570. The van der Waals surface area contributed by atoms with Crippen molar-refractivity contribution in [3.63, 3.8) is 0 Å². The molecule has 120 valence electrons. The fraction of sp³-hybridized carbons (Fsp3) is 0.684. The van der Waals surface area contributed by atoms with Crippen LogP contribution < -0.4 is 5.32 Å². The first-order valence-electron chi connectivity index (χ1n) is 8.33. The van der Waals surface area contributed by atoms with Crippen LogP contribution in [-0.2, 0) is 6.42 Å². The first-order valence-corrected chi connectivity index (χ1v) is 8.33. The van der Waals surface area contributed by atoms with Gasteiger partial charge in [0.2, 0.25) is 0 Å². The lowest BCUT2D eigenvalue weighted by atomic mass is 10.0. The third-order valence-corrected chi connectivity index (χ3v) is 4.12. The molecule has 1 aromatic rings. The minimum Gasteiger partial charge on any atom is -0.313 e. The number of aryl methyl sites for hydroxylation is 2. The maximum atomic E-state index is 3.71. The topological polar surface area (TPSA) is 15.3 Å². The van der Waals surface area contributed by atoms with Crippen LogP contribution in [0.15, 0.2) is 24.3 Å². The molecule has 0 saturated heterocycles. The molecule has 1 rings (SSSR count). The van der Waals surface area contributed by atoms with Crippen molar-refractivity contribution in [3.8, 4) is 0 Å². The Hall–Kier alpha value is -0.860. The summed E-state index contributed by atoms with van der Waals surface area (Å²) < 4.78 is 0. The molecule has 0 heterocycles. The number of hydrogen-bond acceptors (Lipinski definition) is 2. The van der Waals surface area contributed by atoms with Crippen LogP contribution in [0.25, 0.3) is 0 Å². The second-order valence-electron chi connectivity index (χ2n) is 7.08. The molecule has 0 bridgehead atoms. The molecule has 0 fully saturated rings. The zero-order valence-electron chi connectivity index (χ0n) is 14.8. The minimum absolute atomic E-state index is 0.570. The molecule has 0 amide bonds. The predicted octanol–water partition coefficient (Wildman–Crippen LogP) is 3.88. The average Bonchev–Trinajstić information content (AvgIpc) is 2.40. The first-order chi connectivity index (χ1) is 9.88. The van der Waals surface area contributed by atoms with E-state index in [0.29, 0.717) is 12.1 Å². The Kier molecular flexibility index (Phi) is 7.98. The summed E-state index contributed by atoms with van der Waals surface area (Å²) in [5.41, 5.74) is 2.81. The van der Waals surface area contributed by atoms with E-state index in [9.17, 15) is 0 Å². The second kappa shape index (κ2) is 9.22. The lowest BCUT2D eigenvalue weighted by molar-refractivity contribution is 0.240. The predicted molar refractivity (Wildman–Crippen MR) is 93.9 cm³/mol. The van der Waals surface area contributed by atoms with Gasteiger partial charge in [0.05, 0.1) is 0 Å². The fourth-order valence-corrected chi connectivity index (χ4v) is 2.71. The molecule has 0 aliphatic carbocycles. The Morgan fingerprint density at radius 3 is 2.43 bits per heavy atom. The molecule has 1 aromatic carbocycles. The summed E-state index contributed by atoms with van der Waals surface area (Å²) in [7, 11) is 4.37. The number of nitrogens with one attached hydrogen (secondary N) is 1. The van der Waals surface area contributed by atoms with Crippen LogP contribution in [0.3, 0.4) is 0 Å². The Morgan fingerprint density at radius 2 is 1.86 bits per heavy atom. The summed E-state index contributed by atoms with van der Waals surface area (Å²) in [6, 6.07) is 10.1. The standard InChI is InChI=1S/C19H34N2/c1-15(2)12-19(21(5)6)14-20-17(4)10-11-18-9-7-8-16(3)13-18/h7-9,13,15,17,19-20H,10-12,14H2,1-6H3. The van der Waals surface area contributed by atoms with Crippen molar-refractivity contribution >= 4 is 0 Å². The van der Waals surface area contributed by atoms with Crippen molar-refractivity contribution in [2.45, 2.75) is 59.0 Å². The highest BCUT2D eigenvalue weighted by atomic mass is 15.1. The molecule has 0 aliphatic heterocycles. The monoisotopic (exact) mass is 290 g/mol. The van der Waals surface area contributed by atoms with Gasteiger partial charge in [0.1, 0.15) is 0 Å². The Labute approximate surface area is 131 Å². The van der Waals surface area contributed by atoms with Crippen molar-refractivity contribution < 1.29 is 0 Å². The van der Waals surface area contributed by atoms with Gasteiger partial charge in [0.15, 0.2) is 0 Å². The molecule has 0 saturated carbocycles. The zero-order valence-corrected chi connectivity index (χ0v) is 14.8. The lowest BCUT2D eigenvalue weighted by Gasteiger charge is -2.28. The molecule has 2 unspecified atom stereocenters. The van der Waals surface area contributed by atoms with Gasteiger partial charge in [0.25, 0.3) is 0 Å². The van der Waals surface area contributed by atoms with E-state index in [-0.39, 0.29) is 0 Å². The van der Waals surface area contributed by atoms with Crippen molar-refractivity contribution in [2.24, 2.45) is 5.92 Å². The number of benzene rings is 1. The highest BCUT2D eigenvalue weighted by Crippen LogP contribution is 2.10. The third-order valence-electron chi connectivity index (χ3n) is 4.12. The maximum Gasteiger partial charge on any atom is 0.0217 e. The van der Waals surface area contributed by atoms with Crippen LogP contribution in [0, 0.1) is 12.8 Å². The van der Waals surface area contributed by atoms with Gasteiger partial charge in [0, 0.05) is 18.6 Å². The van der Waals surface area contributed by atoms with Gasteiger partial charge in [-0.15, -0.1) is 0 Å². The van der Waals surface area contributed by atoms with Crippen molar-refractivity contribution in [2.75, 3.05) is 20.6 Å². The van der Waals surface area contributed by atoms with Crippen LogP contribution in [0.5, 0.6) is 0 Å². The van der Waals surface area contributed by atoms with E-state index >= 15 is 0 Å². The molecule has 1 N–H and O–H groups in total. The van der Waals surface area contributed by atoms with Gasteiger partial charge in [-0.25, -0.2) is 0 Å². The molecular weight excluding hydrogens is 256 g/mol. The number of likely N-dealkylation sites (N-methyl/N-ethyl adjacent to an activating group) is 1. The normalized spacial score (nSPS) is 14.7. The van der Waals surface area contributed by atoms with Gasteiger partial charge in [-0.05, 0) is 58.7 Å². The molecule has 21 heavy (non-hydrogen) atoms. The number of hydrogen-bond donors (Lipinski definition) is 1. The first kappa shape index (κ1) is 18.2. The van der Waals surface area contributed by atoms with E-state index in [0.717, 1.165) is 18.9 Å². The van der Waals surface area contributed by atoms with Crippen molar-refractivity contribution in [3.05, 3.63) is 35.4 Å². The molecule has 0 spiro atoms. The number of nitrogens with zero attached hydrogens (tertiary/aromatic N) is 1. The molecule has 2 atom stereocenters. The fourth-order valence-electron chi connectivity index (χ4n) is 2.71. The van der Waals surface area contributed by atoms with Gasteiger partial charge < -0.3 is 10.2 Å². The third kappa shape index (κ3) is 7.63. The highest BCUT2D eigenvalue weighted by molar-refractivity contribution is 5.22. The summed E-state index contributed by atoms with van der Waals surface area (Å²) in [4.78, 5) is 2.35. The molecule has 0 aliphatic rings.